The van der Waals surface area contributed by atoms with Crippen molar-refractivity contribution in [2.75, 3.05) is 19.9 Å². The Kier molecular flexibility index (Phi) is 5.72. The number of aryl methyl sites for hydroxylation is 1. The van der Waals surface area contributed by atoms with E-state index in [4.69, 9.17) is 14.2 Å². The van der Waals surface area contributed by atoms with E-state index in [-0.39, 0.29) is 23.6 Å². The lowest BCUT2D eigenvalue weighted by molar-refractivity contribution is -0.385. The van der Waals surface area contributed by atoms with Gasteiger partial charge in [0.2, 0.25) is 12.6 Å². The van der Waals surface area contributed by atoms with Crippen molar-refractivity contribution in [3.8, 4) is 11.5 Å². The van der Waals surface area contributed by atoms with E-state index in [0.29, 0.717) is 17.1 Å². The van der Waals surface area contributed by atoms with Gasteiger partial charge in [0.15, 0.2) is 18.1 Å². The predicted octanol–water partition coefficient (Wildman–Crippen LogP) is 1.79. The summed E-state index contributed by atoms with van der Waals surface area (Å²) >= 11 is 0. The van der Waals surface area contributed by atoms with E-state index in [1.165, 1.54) is 24.3 Å². The van der Waals surface area contributed by atoms with Crippen molar-refractivity contribution in [3.05, 3.63) is 63.2 Å². The quantitative estimate of drug-likeness (QED) is 0.322. The number of hydrogen-bond donors (Lipinski definition) is 1. The van der Waals surface area contributed by atoms with E-state index in [0.717, 1.165) is 6.07 Å². The number of esters is 1. The van der Waals surface area contributed by atoms with Gasteiger partial charge in [0.05, 0.1) is 4.92 Å². The molecular weight excluding hydrogens is 384 g/mol. The number of nitro groups is 1. The molecule has 2 aromatic carbocycles. The first kappa shape index (κ1) is 19.8. The molecule has 150 valence electrons. The predicted molar refractivity (Wildman–Crippen MR) is 98.0 cm³/mol. The van der Waals surface area contributed by atoms with Crippen LogP contribution in [-0.2, 0) is 9.53 Å². The molecule has 0 spiro atoms. The molecule has 0 aromatic heterocycles. The van der Waals surface area contributed by atoms with Crippen molar-refractivity contribution in [1.29, 1.82) is 0 Å². The van der Waals surface area contributed by atoms with Gasteiger partial charge in [-0.05, 0) is 25.1 Å². The summed E-state index contributed by atoms with van der Waals surface area (Å²) in [6, 6.07) is 8.57. The summed E-state index contributed by atoms with van der Waals surface area (Å²) < 4.78 is 15.2. The number of ether oxygens (including phenoxy) is 3. The maximum atomic E-state index is 12.1. The summed E-state index contributed by atoms with van der Waals surface area (Å²) in [5.41, 5.74) is 0.539. The zero-order chi connectivity index (χ0) is 21.0. The summed E-state index contributed by atoms with van der Waals surface area (Å²) in [5.74, 6) is -0.993. The SMILES string of the molecule is Cc1ccc(C(=O)COC(=O)CNC(=O)c2ccc3c(c2)OCO3)cc1[N+](=O)[O-]. The molecule has 10 heteroatoms. The lowest BCUT2D eigenvalue weighted by Crippen LogP contribution is -2.31. The number of ketones is 1. The Morgan fingerprint density at radius 1 is 1.10 bits per heavy atom. The van der Waals surface area contributed by atoms with Crippen LogP contribution in [0.25, 0.3) is 0 Å². The first-order valence-corrected chi connectivity index (χ1v) is 8.47. The Morgan fingerprint density at radius 2 is 1.83 bits per heavy atom. The zero-order valence-corrected chi connectivity index (χ0v) is 15.3. The van der Waals surface area contributed by atoms with Crippen LogP contribution in [0.1, 0.15) is 26.3 Å². The largest absolute Gasteiger partial charge is 0.456 e. The molecule has 29 heavy (non-hydrogen) atoms. The highest BCUT2D eigenvalue weighted by atomic mass is 16.7. The number of rotatable bonds is 7. The average molecular weight is 400 g/mol. The monoisotopic (exact) mass is 400 g/mol. The van der Waals surface area contributed by atoms with Crippen molar-refractivity contribution >= 4 is 23.3 Å². The number of Topliss-reactive ketones (excluding diaryl/α,β-unsaturated/α-hetero) is 1. The summed E-state index contributed by atoms with van der Waals surface area (Å²) in [5, 5.41) is 13.3. The smallest absolute Gasteiger partial charge is 0.325 e. The van der Waals surface area contributed by atoms with Crippen LogP contribution in [0.5, 0.6) is 11.5 Å². The van der Waals surface area contributed by atoms with Gasteiger partial charge in [0, 0.05) is 22.8 Å². The van der Waals surface area contributed by atoms with E-state index in [1.54, 1.807) is 13.0 Å². The Morgan fingerprint density at radius 3 is 2.59 bits per heavy atom. The summed E-state index contributed by atoms with van der Waals surface area (Å²) in [4.78, 5) is 46.3. The number of nitro benzene ring substituents is 1. The summed E-state index contributed by atoms with van der Waals surface area (Å²) in [6.45, 7) is 0.577. The molecule has 0 fully saturated rings. The fourth-order valence-electron chi connectivity index (χ4n) is 2.55. The van der Waals surface area contributed by atoms with Gasteiger partial charge in [0.1, 0.15) is 6.54 Å². The van der Waals surface area contributed by atoms with Gasteiger partial charge in [0.25, 0.3) is 11.6 Å². The molecule has 10 nitrogen and oxygen atoms in total. The Labute approximate surface area is 164 Å². The lowest BCUT2D eigenvalue weighted by Gasteiger charge is -2.07. The van der Waals surface area contributed by atoms with Crippen molar-refractivity contribution in [3.63, 3.8) is 0 Å². The number of nitrogens with zero attached hydrogens (tertiary/aromatic N) is 1. The normalized spacial score (nSPS) is 11.6. The number of hydrogen-bond acceptors (Lipinski definition) is 8. The van der Waals surface area contributed by atoms with Gasteiger partial charge in [-0.25, -0.2) is 0 Å². The third-order valence-corrected chi connectivity index (χ3v) is 4.12. The van der Waals surface area contributed by atoms with Crippen LogP contribution in [0.15, 0.2) is 36.4 Å². The molecule has 1 aliphatic heterocycles. The fraction of sp³-hybridized carbons (Fsp3) is 0.211. The maximum Gasteiger partial charge on any atom is 0.325 e. The first-order valence-electron chi connectivity index (χ1n) is 8.47. The van der Waals surface area contributed by atoms with Crippen LogP contribution in [0, 0.1) is 17.0 Å². The second-order valence-corrected chi connectivity index (χ2v) is 6.09. The van der Waals surface area contributed by atoms with Crippen LogP contribution in [0.2, 0.25) is 0 Å². The molecule has 1 amide bonds. The number of amides is 1. The maximum absolute atomic E-state index is 12.1. The van der Waals surface area contributed by atoms with E-state index in [9.17, 15) is 24.5 Å². The Hall–Kier alpha value is -3.95. The molecule has 0 unspecified atom stereocenters. The molecule has 0 aliphatic carbocycles. The van der Waals surface area contributed by atoms with E-state index in [2.05, 4.69) is 5.32 Å². The van der Waals surface area contributed by atoms with Crippen LogP contribution in [-0.4, -0.2) is 42.5 Å². The van der Waals surface area contributed by atoms with Crippen LogP contribution in [0.3, 0.4) is 0 Å². The number of fused-ring (bicyclic) bond motifs is 1. The molecule has 3 rings (SSSR count). The third-order valence-electron chi connectivity index (χ3n) is 4.12. The van der Waals surface area contributed by atoms with E-state index in [1.807, 2.05) is 0 Å². The van der Waals surface area contributed by atoms with E-state index >= 15 is 0 Å². The zero-order valence-electron chi connectivity index (χ0n) is 15.3. The minimum atomic E-state index is -0.825. The first-order chi connectivity index (χ1) is 13.8. The van der Waals surface area contributed by atoms with Gasteiger partial charge in [-0.1, -0.05) is 12.1 Å². The highest BCUT2D eigenvalue weighted by Crippen LogP contribution is 2.32. The Balaban J connectivity index is 1.50. The second kappa shape index (κ2) is 8.38. The molecular formula is C19H16N2O8. The van der Waals surface area contributed by atoms with Gasteiger partial charge in [-0.2, -0.15) is 0 Å². The molecule has 1 aliphatic rings. The second-order valence-electron chi connectivity index (χ2n) is 6.09. The molecule has 0 bridgehead atoms. The minimum absolute atomic E-state index is 0.0551. The van der Waals surface area contributed by atoms with Crippen molar-refractivity contribution in [1.82, 2.24) is 5.32 Å². The molecule has 2 aromatic rings. The summed E-state index contributed by atoms with van der Waals surface area (Å²) in [6.07, 6.45) is 0. The highest BCUT2D eigenvalue weighted by Gasteiger charge is 2.18. The minimum Gasteiger partial charge on any atom is -0.456 e. The van der Waals surface area contributed by atoms with Crippen LogP contribution in [0.4, 0.5) is 5.69 Å². The van der Waals surface area contributed by atoms with E-state index < -0.39 is 35.7 Å². The molecule has 1 N–H and O–H groups in total. The van der Waals surface area contributed by atoms with Gasteiger partial charge in [-0.3, -0.25) is 24.5 Å². The third kappa shape index (κ3) is 4.67. The average Bonchev–Trinajstić information content (AvgIpc) is 3.18. The molecule has 0 radical (unpaired) electrons. The van der Waals surface area contributed by atoms with Gasteiger partial charge >= 0.3 is 5.97 Å². The molecule has 1 heterocycles. The fourth-order valence-corrected chi connectivity index (χ4v) is 2.55. The van der Waals surface area contributed by atoms with Gasteiger partial charge < -0.3 is 19.5 Å². The van der Waals surface area contributed by atoms with Crippen LogP contribution >= 0.6 is 0 Å². The Bertz CT molecular complexity index is 1000. The topological polar surface area (TPSA) is 134 Å². The standard InChI is InChI=1S/C19H16N2O8/c1-11-2-3-12(6-14(11)21(25)26)15(22)9-27-18(23)8-20-19(24)13-4-5-16-17(7-13)29-10-28-16/h2-7H,8-10H2,1H3,(H,20,24). The molecule has 0 saturated heterocycles. The van der Waals surface area contributed by atoms with Crippen LogP contribution < -0.4 is 14.8 Å². The van der Waals surface area contributed by atoms with Crippen molar-refractivity contribution in [2.45, 2.75) is 6.92 Å². The molecule has 0 atom stereocenters. The lowest BCUT2D eigenvalue weighted by atomic mass is 10.1. The number of carbonyl (C=O) groups is 3. The molecule has 0 saturated carbocycles. The highest BCUT2D eigenvalue weighted by molar-refractivity contribution is 5.99. The van der Waals surface area contributed by atoms with Crippen molar-refractivity contribution in [2.24, 2.45) is 0 Å². The number of benzene rings is 2. The summed E-state index contributed by atoms with van der Waals surface area (Å²) in [7, 11) is 0. The number of nitrogens with one attached hydrogen (secondary N) is 1. The van der Waals surface area contributed by atoms with Crippen molar-refractivity contribution < 1.29 is 33.5 Å². The van der Waals surface area contributed by atoms with Gasteiger partial charge in [-0.15, -0.1) is 0 Å². The number of carbonyl (C=O) groups excluding carboxylic acids is 3.